The first-order valence-electron chi connectivity index (χ1n) is 11.3. The van der Waals surface area contributed by atoms with E-state index in [2.05, 4.69) is 32.9 Å². The van der Waals surface area contributed by atoms with Gasteiger partial charge < -0.3 is 24.4 Å². The minimum absolute atomic E-state index is 0.198. The number of aliphatic hydroxyl groups is 2. The van der Waals surface area contributed by atoms with Gasteiger partial charge in [-0.25, -0.2) is 9.59 Å². The SMILES string of the molecule is CC1=C(/C=C/C(C)=C/C=C/C(C)=C/C(=O)OC2OC3C(O)C(=O)OC3C2O)C(C)(C)CCC1. The molecule has 5 unspecified atom stereocenters. The summed E-state index contributed by atoms with van der Waals surface area (Å²) in [6.07, 6.45) is 8.54. The van der Waals surface area contributed by atoms with Crippen molar-refractivity contribution in [1.29, 1.82) is 0 Å². The van der Waals surface area contributed by atoms with E-state index < -0.39 is 42.6 Å². The van der Waals surface area contributed by atoms with Crippen molar-refractivity contribution in [1.82, 2.24) is 0 Å². The lowest BCUT2D eigenvalue weighted by Crippen LogP contribution is -2.34. The van der Waals surface area contributed by atoms with Gasteiger partial charge in [0.15, 0.2) is 18.3 Å². The second kappa shape index (κ2) is 10.2. The molecule has 0 amide bonds. The van der Waals surface area contributed by atoms with Crippen LogP contribution in [-0.4, -0.2) is 52.9 Å². The average Bonchev–Trinajstić information content (AvgIpc) is 3.16. The Labute approximate surface area is 195 Å². The zero-order chi connectivity index (χ0) is 24.3. The summed E-state index contributed by atoms with van der Waals surface area (Å²) in [5.74, 6) is -1.56. The topological polar surface area (TPSA) is 102 Å². The zero-order valence-corrected chi connectivity index (χ0v) is 19.9. The van der Waals surface area contributed by atoms with E-state index in [4.69, 9.17) is 14.2 Å². The maximum Gasteiger partial charge on any atom is 0.338 e. The summed E-state index contributed by atoms with van der Waals surface area (Å²) in [7, 11) is 0. The number of carbonyl (C=O) groups excluding carboxylic acids is 2. The summed E-state index contributed by atoms with van der Waals surface area (Å²) in [4.78, 5) is 23.5. The van der Waals surface area contributed by atoms with E-state index in [1.165, 1.54) is 30.1 Å². The lowest BCUT2D eigenvalue weighted by Gasteiger charge is -2.32. The molecule has 0 saturated carbocycles. The number of rotatable bonds is 6. The van der Waals surface area contributed by atoms with Crippen molar-refractivity contribution in [2.24, 2.45) is 5.41 Å². The fraction of sp³-hybridized carbons (Fsp3) is 0.538. The second-order valence-corrected chi connectivity index (χ2v) is 9.67. The molecule has 1 aliphatic carbocycles. The number of aliphatic hydroxyl groups excluding tert-OH is 2. The first kappa shape index (κ1) is 25.1. The van der Waals surface area contributed by atoms with E-state index in [0.717, 1.165) is 12.0 Å². The summed E-state index contributed by atoms with van der Waals surface area (Å²) < 4.78 is 15.3. The van der Waals surface area contributed by atoms with Gasteiger partial charge in [0.2, 0.25) is 6.29 Å². The van der Waals surface area contributed by atoms with Crippen molar-refractivity contribution in [2.45, 2.75) is 84.6 Å². The molecular formula is C26H34O7. The molecule has 2 saturated heterocycles. The smallest absolute Gasteiger partial charge is 0.338 e. The van der Waals surface area contributed by atoms with Crippen LogP contribution in [-0.2, 0) is 23.8 Å². The third kappa shape index (κ3) is 5.91. The number of fused-ring (bicyclic) bond motifs is 1. The van der Waals surface area contributed by atoms with Gasteiger partial charge in [-0.3, -0.25) is 0 Å². The maximum atomic E-state index is 12.2. The predicted molar refractivity (Wildman–Crippen MR) is 123 cm³/mol. The molecule has 0 bridgehead atoms. The summed E-state index contributed by atoms with van der Waals surface area (Å²) in [5, 5.41) is 19.8. The van der Waals surface area contributed by atoms with Crippen LogP contribution in [0.1, 0.15) is 53.9 Å². The first-order chi connectivity index (χ1) is 15.5. The molecule has 7 heteroatoms. The predicted octanol–water partition coefficient (Wildman–Crippen LogP) is 3.43. The Morgan fingerprint density at radius 3 is 2.55 bits per heavy atom. The highest BCUT2D eigenvalue weighted by molar-refractivity contribution is 5.83. The molecular weight excluding hydrogens is 424 g/mol. The second-order valence-electron chi connectivity index (χ2n) is 9.67. The van der Waals surface area contributed by atoms with Gasteiger partial charge in [0, 0.05) is 6.08 Å². The number of allylic oxidation sites excluding steroid dienone is 9. The number of ether oxygens (including phenoxy) is 3. The van der Waals surface area contributed by atoms with Crippen molar-refractivity contribution >= 4 is 11.9 Å². The van der Waals surface area contributed by atoms with Gasteiger partial charge in [-0.15, -0.1) is 0 Å². The number of carbonyl (C=O) groups is 2. The highest BCUT2D eigenvalue weighted by Gasteiger charge is 2.57. The monoisotopic (exact) mass is 458 g/mol. The molecule has 2 aliphatic heterocycles. The van der Waals surface area contributed by atoms with Gasteiger partial charge in [-0.2, -0.15) is 0 Å². The summed E-state index contributed by atoms with van der Waals surface area (Å²) >= 11 is 0. The first-order valence-corrected chi connectivity index (χ1v) is 11.3. The van der Waals surface area contributed by atoms with Gasteiger partial charge in [-0.05, 0) is 56.6 Å². The van der Waals surface area contributed by atoms with Crippen molar-refractivity contribution in [3.63, 3.8) is 0 Å². The molecule has 0 spiro atoms. The van der Waals surface area contributed by atoms with Gasteiger partial charge in [0.1, 0.15) is 6.10 Å². The molecule has 7 nitrogen and oxygen atoms in total. The van der Waals surface area contributed by atoms with Gasteiger partial charge in [0.25, 0.3) is 0 Å². The van der Waals surface area contributed by atoms with Crippen molar-refractivity contribution < 1.29 is 34.0 Å². The molecule has 5 atom stereocenters. The van der Waals surface area contributed by atoms with Crippen LogP contribution in [0.25, 0.3) is 0 Å². The molecule has 2 heterocycles. The Balaban J connectivity index is 1.54. The Bertz CT molecular complexity index is 934. The molecule has 0 radical (unpaired) electrons. The van der Waals surface area contributed by atoms with Crippen LogP contribution in [0, 0.1) is 5.41 Å². The van der Waals surface area contributed by atoms with Gasteiger partial charge in [0.05, 0.1) is 0 Å². The molecule has 2 fully saturated rings. The van der Waals surface area contributed by atoms with E-state index in [1.807, 2.05) is 19.1 Å². The third-order valence-electron chi connectivity index (χ3n) is 6.39. The van der Waals surface area contributed by atoms with Crippen molar-refractivity contribution in [3.8, 4) is 0 Å². The van der Waals surface area contributed by atoms with Crippen LogP contribution in [0.2, 0.25) is 0 Å². The highest BCUT2D eigenvalue weighted by atomic mass is 16.7. The lowest BCUT2D eigenvalue weighted by atomic mass is 9.72. The van der Waals surface area contributed by atoms with Crippen LogP contribution in [0.5, 0.6) is 0 Å². The minimum atomic E-state index is -1.50. The molecule has 2 N–H and O–H groups in total. The fourth-order valence-electron chi connectivity index (χ4n) is 4.50. The quantitative estimate of drug-likeness (QED) is 0.357. The Kier molecular flexibility index (Phi) is 7.77. The summed E-state index contributed by atoms with van der Waals surface area (Å²) in [6, 6.07) is 0. The lowest BCUT2D eigenvalue weighted by molar-refractivity contribution is -0.192. The van der Waals surface area contributed by atoms with E-state index in [1.54, 1.807) is 13.0 Å². The zero-order valence-electron chi connectivity index (χ0n) is 19.9. The number of hydrogen-bond donors (Lipinski definition) is 2. The highest BCUT2D eigenvalue weighted by Crippen LogP contribution is 2.40. The third-order valence-corrected chi connectivity index (χ3v) is 6.39. The van der Waals surface area contributed by atoms with Crippen molar-refractivity contribution in [3.05, 3.63) is 58.7 Å². The Morgan fingerprint density at radius 2 is 1.88 bits per heavy atom. The van der Waals surface area contributed by atoms with Crippen molar-refractivity contribution in [2.75, 3.05) is 0 Å². The molecule has 0 aromatic rings. The standard InChI is InChI=1S/C26H34O7/c1-15(11-12-18-17(3)10-7-13-26(18,4)5)8-6-9-16(2)14-19(27)31-25-21(29)23-22(33-25)20(28)24(30)32-23/h6,8-9,11-12,14,20-23,25,28-29H,7,10,13H2,1-5H3/b9-6+,12-11+,15-8+,16-14+. The Morgan fingerprint density at radius 1 is 1.15 bits per heavy atom. The molecule has 0 aromatic carbocycles. The minimum Gasteiger partial charge on any atom is -0.454 e. The van der Waals surface area contributed by atoms with Crippen LogP contribution >= 0.6 is 0 Å². The van der Waals surface area contributed by atoms with E-state index in [-0.39, 0.29) is 5.41 Å². The molecule has 3 rings (SSSR count). The molecule has 3 aliphatic rings. The van der Waals surface area contributed by atoms with Crippen LogP contribution in [0.4, 0.5) is 0 Å². The molecule has 180 valence electrons. The van der Waals surface area contributed by atoms with Crippen LogP contribution in [0.3, 0.4) is 0 Å². The normalized spacial score (nSPS) is 32.6. The fourth-order valence-corrected chi connectivity index (χ4v) is 4.50. The van der Waals surface area contributed by atoms with Gasteiger partial charge >= 0.3 is 11.9 Å². The molecule has 33 heavy (non-hydrogen) atoms. The van der Waals surface area contributed by atoms with E-state index >= 15 is 0 Å². The van der Waals surface area contributed by atoms with Crippen LogP contribution in [0.15, 0.2) is 58.7 Å². The summed E-state index contributed by atoms with van der Waals surface area (Å²) in [6.45, 7) is 10.6. The van der Waals surface area contributed by atoms with Crippen LogP contribution < -0.4 is 0 Å². The maximum absolute atomic E-state index is 12.2. The number of hydrogen-bond acceptors (Lipinski definition) is 7. The van der Waals surface area contributed by atoms with E-state index in [9.17, 15) is 19.8 Å². The largest absolute Gasteiger partial charge is 0.454 e. The van der Waals surface area contributed by atoms with E-state index in [0.29, 0.717) is 5.57 Å². The number of esters is 2. The Hall–Kier alpha value is -2.48. The molecule has 0 aromatic heterocycles. The summed E-state index contributed by atoms with van der Waals surface area (Å²) in [5.41, 5.74) is 4.80. The average molecular weight is 459 g/mol. The van der Waals surface area contributed by atoms with Gasteiger partial charge in [-0.1, -0.05) is 55.4 Å².